The minimum atomic E-state index is -1.26. The van der Waals surface area contributed by atoms with Gasteiger partial charge in [-0.1, -0.05) is 18.2 Å². The Morgan fingerprint density at radius 2 is 1.68 bits per heavy atom. The average molecular weight is 568 g/mol. The summed E-state index contributed by atoms with van der Waals surface area (Å²) in [6.45, 7) is 7.71. The van der Waals surface area contributed by atoms with Crippen molar-refractivity contribution in [3.63, 3.8) is 0 Å². The highest BCUT2D eigenvalue weighted by molar-refractivity contribution is 5.91. The number of halogens is 3. The van der Waals surface area contributed by atoms with Crippen LogP contribution in [0.15, 0.2) is 54.6 Å². The van der Waals surface area contributed by atoms with E-state index in [-0.39, 0.29) is 17.1 Å². The fourth-order valence-corrected chi connectivity index (χ4v) is 5.80. The molecule has 9 heteroatoms. The zero-order chi connectivity index (χ0) is 28.8. The molecule has 3 aromatic rings. The Labute approximate surface area is 238 Å². The van der Waals surface area contributed by atoms with Crippen molar-refractivity contribution in [2.75, 3.05) is 51.3 Å². The first-order valence-corrected chi connectivity index (χ1v) is 14.1. The van der Waals surface area contributed by atoms with E-state index in [1.807, 2.05) is 18.2 Å². The van der Waals surface area contributed by atoms with Gasteiger partial charge in [-0.25, -0.2) is 13.2 Å². The van der Waals surface area contributed by atoms with Crippen molar-refractivity contribution in [3.05, 3.63) is 88.7 Å². The highest BCUT2D eigenvalue weighted by Crippen LogP contribution is 2.40. The van der Waals surface area contributed by atoms with Crippen molar-refractivity contribution in [2.45, 2.75) is 38.0 Å². The van der Waals surface area contributed by atoms with Crippen LogP contribution < -0.4 is 15.4 Å². The van der Waals surface area contributed by atoms with Crippen LogP contribution in [0.2, 0.25) is 0 Å². The SMILES string of the molecule is Cc1ccc(NC(=O)CCN2CCOCC2)cc1C1(Cc2ccc(Oc3cc(F)c(F)cc3F)cc2)CCNCC1. The van der Waals surface area contributed by atoms with Gasteiger partial charge in [-0.15, -0.1) is 0 Å². The number of piperidine rings is 1. The molecule has 41 heavy (non-hydrogen) atoms. The van der Waals surface area contributed by atoms with Crippen molar-refractivity contribution in [3.8, 4) is 11.5 Å². The van der Waals surface area contributed by atoms with Gasteiger partial charge in [0.2, 0.25) is 5.91 Å². The molecule has 0 spiro atoms. The Morgan fingerprint density at radius 3 is 2.41 bits per heavy atom. The number of anilines is 1. The predicted octanol–water partition coefficient (Wildman–Crippen LogP) is 5.73. The molecule has 0 saturated carbocycles. The summed E-state index contributed by atoms with van der Waals surface area (Å²) in [4.78, 5) is 15.0. The van der Waals surface area contributed by atoms with Gasteiger partial charge >= 0.3 is 0 Å². The summed E-state index contributed by atoms with van der Waals surface area (Å²) in [6.07, 6.45) is 3.06. The Bertz CT molecular complexity index is 1350. The van der Waals surface area contributed by atoms with Gasteiger partial charge in [-0.05, 0) is 80.2 Å². The van der Waals surface area contributed by atoms with Crippen LogP contribution in [0.1, 0.15) is 36.0 Å². The lowest BCUT2D eigenvalue weighted by Gasteiger charge is -2.40. The number of ether oxygens (including phenoxy) is 2. The Morgan fingerprint density at radius 1 is 0.976 bits per heavy atom. The smallest absolute Gasteiger partial charge is 0.225 e. The molecule has 0 unspecified atom stereocenters. The molecule has 2 fully saturated rings. The number of aryl methyl sites for hydroxylation is 1. The third-order valence-electron chi connectivity index (χ3n) is 8.08. The summed E-state index contributed by atoms with van der Waals surface area (Å²) < 4.78 is 51.8. The number of morpholine rings is 1. The van der Waals surface area contributed by atoms with Crippen LogP contribution in [0.25, 0.3) is 0 Å². The number of hydrogen-bond donors (Lipinski definition) is 2. The lowest BCUT2D eigenvalue weighted by Crippen LogP contribution is -2.42. The van der Waals surface area contributed by atoms with E-state index in [2.05, 4.69) is 34.6 Å². The number of nitrogens with one attached hydrogen (secondary N) is 2. The molecule has 0 aromatic heterocycles. The van der Waals surface area contributed by atoms with E-state index in [0.717, 1.165) is 56.7 Å². The van der Waals surface area contributed by atoms with E-state index >= 15 is 0 Å². The molecular formula is C32H36F3N3O3. The first kappa shape index (κ1) is 29.1. The van der Waals surface area contributed by atoms with Gasteiger partial charge in [-0.3, -0.25) is 9.69 Å². The third kappa shape index (κ3) is 7.28. The molecule has 3 aromatic carbocycles. The highest BCUT2D eigenvalue weighted by atomic mass is 19.2. The van der Waals surface area contributed by atoms with Crippen molar-refractivity contribution < 1.29 is 27.4 Å². The highest BCUT2D eigenvalue weighted by Gasteiger charge is 2.35. The second-order valence-electron chi connectivity index (χ2n) is 10.9. The minimum Gasteiger partial charge on any atom is -0.454 e. The molecule has 0 radical (unpaired) electrons. The summed E-state index contributed by atoms with van der Waals surface area (Å²) in [5.74, 6) is -3.44. The van der Waals surface area contributed by atoms with Crippen molar-refractivity contribution in [1.29, 1.82) is 0 Å². The second-order valence-corrected chi connectivity index (χ2v) is 10.9. The molecule has 1 amide bonds. The minimum absolute atomic E-state index is 0.00119. The van der Waals surface area contributed by atoms with Gasteiger partial charge in [0.15, 0.2) is 23.2 Å². The van der Waals surface area contributed by atoms with Crippen LogP contribution in [0.4, 0.5) is 18.9 Å². The standard InChI is InChI=1S/C32H36F3N3O3/c1-22-2-5-24(37-31(39)8-13-38-14-16-40-17-15-38)18-26(22)32(9-11-36-12-10-32)21-23-3-6-25(7-4-23)41-30-20-28(34)27(33)19-29(30)35/h2-7,18-20,36H,8-17,21H2,1H3,(H,37,39). The molecule has 0 bridgehead atoms. The molecular weight excluding hydrogens is 531 g/mol. The molecule has 2 aliphatic heterocycles. The van der Waals surface area contributed by atoms with Gasteiger partial charge in [0.1, 0.15) is 5.75 Å². The van der Waals surface area contributed by atoms with Crippen LogP contribution in [0.3, 0.4) is 0 Å². The van der Waals surface area contributed by atoms with E-state index in [1.54, 1.807) is 12.1 Å². The van der Waals surface area contributed by atoms with Crippen molar-refractivity contribution >= 4 is 11.6 Å². The van der Waals surface area contributed by atoms with Gasteiger partial charge in [0, 0.05) is 49.3 Å². The number of carbonyl (C=O) groups excluding carboxylic acids is 1. The van der Waals surface area contributed by atoms with Gasteiger partial charge in [-0.2, -0.15) is 0 Å². The number of rotatable bonds is 9. The predicted molar refractivity (Wildman–Crippen MR) is 152 cm³/mol. The molecule has 218 valence electrons. The number of nitrogens with zero attached hydrogens (tertiary/aromatic N) is 1. The molecule has 2 heterocycles. The van der Waals surface area contributed by atoms with E-state index < -0.39 is 17.5 Å². The Kier molecular flexibility index (Phi) is 9.27. The summed E-state index contributed by atoms with van der Waals surface area (Å²) in [5, 5.41) is 6.57. The van der Waals surface area contributed by atoms with Gasteiger partial charge in [0.05, 0.1) is 13.2 Å². The first-order chi connectivity index (χ1) is 19.8. The normalized spacial score (nSPS) is 17.3. The fourth-order valence-electron chi connectivity index (χ4n) is 5.80. The summed E-state index contributed by atoms with van der Waals surface area (Å²) in [5.41, 5.74) is 4.12. The quantitative estimate of drug-likeness (QED) is 0.324. The van der Waals surface area contributed by atoms with E-state index in [9.17, 15) is 18.0 Å². The number of carbonyl (C=O) groups is 1. The van der Waals surface area contributed by atoms with E-state index in [0.29, 0.717) is 44.1 Å². The van der Waals surface area contributed by atoms with Crippen LogP contribution >= 0.6 is 0 Å². The van der Waals surface area contributed by atoms with Crippen LogP contribution in [-0.4, -0.2) is 56.7 Å². The van der Waals surface area contributed by atoms with E-state index in [4.69, 9.17) is 9.47 Å². The lowest BCUT2D eigenvalue weighted by molar-refractivity contribution is -0.116. The Hall–Kier alpha value is -3.40. The van der Waals surface area contributed by atoms with E-state index in [1.165, 1.54) is 11.1 Å². The maximum atomic E-state index is 14.0. The second kappa shape index (κ2) is 13.1. The topological polar surface area (TPSA) is 62.8 Å². The van der Waals surface area contributed by atoms with Crippen LogP contribution in [-0.2, 0) is 21.4 Å². The molecule has 2 saturated heterocycles. The Balaban J connectivity index is 1.30. The van der Waals surface area contributed by atoms with Crippen molar-refractivity contribution in [1.82, 2.24) is 10.2 Å². The zero-order valence-corrected chi connectivity index (χ0v) is 23.3. The summed E-state index contributed by atoms with van der Waals surface area (Å²) in [6, 6.07) is 14.6. The number of amides is 1. The van der Waals surface area contributed by atoms with Gasteiger partial charge < -0.3 is 20.1 Å². The monoisotopic (exact) mass is 567 g/mol. The van der Waals surface area contributed by atoms with Crippen LogP contribution in [0, 0.1) is 24.4 Å². The molecule has 2 N–H and O–H groups in total. The molecule has 5 rings (SSSR count). The lowest BCUT2D eigenvalue weighted by atomic mass is 9.68. The number of benzene rings is 3. The zero-order valence-electron chi connectivity index (χ0n) is 23.3. The van der Waals surface area contributed by atoms with Crippen LogP contribution in [0.5, 0.6) is 11.5 Å². The fraction of sp³-hybridized carbons (Fsp3) is 0.406. The summed E-state index contributed by atoms with van der Waals surface area (Å²) in [7, 11) is 0. The molecule has 6 nitrogen and oxygen atoms in total. The number of hydrogen-bond acceptors (Lipinski definition) is 5. The third-order valence-corrected chi connectivity index (χ3v) is 8.08. The largest absolute Gasteiger partial charge is 0.454 e. The van der Waals surface area contributed by atoms with Crippen molar-refractivity contribution in [2.24, 2.45) is 0 Å². The average Bonchev–Trinajstić information content (AvgIpc) is 2.98. The van der Waals surface area contributed by atoms with Gasteiger partial charge in [0.25, 0.3) is 0 Å². The molecule has 0 atom stereocenters. The maximum Gasteiger partial charge on any atom is 0.225 e. The molecule has 2 aliphatic rings. The maximum absolute atomic E-state index is 14.0. The first-order valence-electron chi connectivity index (χ1n) is 14.1. The summed E-state index contributed by atoms with van der Waals surface area (Å²) >= 11 is 0. The molecule has 0 aliphatic carbocycles.